The Hall–Kier alpha value is -2.73. The first-order chi connectivity index (χ1) is 13.0. The molecule has 4 heterocycles. The first-order valence-electron chi connectivity index (χ1n) is 9.37. The lowest BCUT2D eigenvalue weighted by molar-refractivity contribution is 0.313. The van der Waals surface area contributed by atoms with E-state index in [4.69, 9.17) is 0 Å². The monoisotopic (exact) mass is 361 g/mol. The quantitative estimate of drug-likeness (QED) is 0.757. The maximum Gasteiger partial charge on any atom is 0.151 e. The van der Waals surface area contributed by atoms with Gasteiger partial charge in [0.2, 0.25) is 0 Å². The van der Waals surface area contributed by atoms with Gasteiger partial charge in [0, 0.05) is 54.8 Å². The largest absolute Gasteiger partial charge is 0.507 e. The van der Waals surface area contributed by atoms with Crippen LogP contribution >= 0.6 is 0 Å². The molecule has 0 aliphatic carbocycles. The number of rotatable bonds is 2. The molecule has 0 bridgehead atoms. The Morgan fingerprint density at radius 3 is 2.78 bits per heavy atom. The van der Waals surface area contributed by atoms with Crippen molar-refractivity contribution in [1.82, 2.24) is 20.1 Å². The summed E-state index contributed by atoms with van der Waals surface area (Å²) in [5, 5.41) is 20.2. The average Bonchev–Trinajstić information content (AvgIpc) is 3.11. The molecule has 0 saturated carbocycles. The number of aromatic nitrogens is 3. The number of hydrogen-bond acceptors (Lipinski definition) is 6. The summed E-state index contributed by atoms with van der Waals surface area (Å²) >= 11 is 0. The van der Waals surface area contributed by atoms with Crippen molar-refractivity contribution >= 4 is 16.7 Å². The van der Waals surface area contributed by atoms with Crippen LogP contribution in [0.2, 0.25) is 0 Å². The van der Waals surface area contributed by atoms with Gasteiger partial charge in [-0.15, -0.1) is 10.2 Å². The van der Waals surface area contributed by atoms with E-state index in [1.165, 1.54) is 0 Å². The van der Waals surface area contributed by atoms with E-state index in [0.717, 1.165) is 42.9 Å². The molecule has 138 valence electrons. The second-order valence-electron chi connectivity index (χ2n) is 8.27. The number of nitrogens with zero attached hydrogens (tertiary/aromatic N) is 5. The summed E-state index contributed by atoms with van der Waals surface area (Å²) < 4.78 is 0. The second kappa shape index (κ2) is 5.89. The SMILES string of the molecule is CN1C[C@@H]2CN(c3ccc(-c4cc5cccnc5cc4O)nn3)C[C@]2(C)C1. The number of benzene rings is 1. The first-order valence-corrected chi connectivity index (χ1v) is 9.37. The summed E-state index contributed by atoms with van der Waals surface area (Å²) in [6.07, 6.45) is 1.72. The molecule has 1 aromatic carbocycles. The summed E-state index contributed by atoms with van der Waals surface area (Å²) in [6.45, 7) is 6.71. The van der Waals surface area contributed by atoms with Gasteiger partial charge in [0.25, 0.3) is 0 Å². The third-order valence-corrected chi connectivity index (χ3v) is 6.11. The molecule has 0 amide bonds. The molecule has 0 radical (unpaired) electrons. The fraction of sp³-hybridized carbons (Fsp3) is 0.381. The summed E-state index contributed by atoms with van der Waals surface area (Å²) in [4.78, 5) is 9.05. The Kier molecular flexibility index (Phi) is 3.59. The van der Waals surface area contributed by atoms with Crippen LogP contribution in [0.1, 0.15) is 6.92 Å². The fourth-order valence-electron chi connectivity index (χ4n) is 4.76. The van der Waals surface area contributed by atoms with Crippen LogP contribution in [0, 0.1) is 11.3 Å². The van der Waals surface area contributed by atoms with Gasteiger partial charge >= 0.3 is 0 Å². The lowest BCUT2D eigenvalue weighted by atomic mass is 9.83. The minimum atomic E-state index is 0.175. The van der Waals surface area contributed by atoms with E-state index in [2.05, 4.69) is 39.0 Å². The van der Waals surface area contributed by atoms with Gasteiger partial charge in [-0.3, -0.25) is 4.98 Å². The van der Waals surface area contributed by atoms with Crippen molar-refractivity contribution in [2.45, 2.75) is 6.92 Å². The van der Waals surface area contributed by atoms with Crippen LogP contribution in [0.5, 0.6) is 5.75 Å². The van der Waals surface area contributed by atoms with Crippen molar-refractivity contribution in [2.75, 3.05) is 38.1 Å². The molecule has 2 aliphatic heterocycles. The molecular formula is C21H23N5O. The average molecular weight is 361 g/mol. The van der Waals surface area contributed by atoms with Gasteiger partial charge in [0.05, 0.1) is 11.2 Å². The Labute approximate surface area is 158 Å². The molecule has 1 N–H and O–H groups in total. The number of aromatic hydroxyl groups is 1. The molecule has 5 rings (SSSR count). The standard InChI is InChI=1S/C21H23N5O/c1-21-12-25(2)10-15(21)11-26(13-21)20-6-5-17(23-24-20)16-8-14-4-3-7-22-18(14)9-19(16)27/h3-9,15,27H,10-13H2,1-2H3/t15-,21+/m1/s1. The van der Waals surface area contributed by atoms with Gasteiger partial charge in [0.1, 0.15) is 5.75 Å². The molecule has 6 nitrogen and oxygen atoms in total. The van der Waals surface area contributed by atoms with E-state index in [0.29, 0.717) is 22.6 Å². The Balaban J connectivity index is 1.42. The molecule has 0 spiro atoms. The minimum Gasteiger partial charge on any atom is -0.507 e. The number of pyridine rings is 1. The smallest absolute Gasteiger partial charge is 0.151 e. The number of likely N-dealkylation sites (tertiary alicyclic amines) is 1. The van der Waals surface area contributed by atoms with Gasteiger partial charge in [-0.05, 0) is 37.2 Å². The summed E-state index contributed by atoms with van der Waals surface area (Å²) in [6, 6.07) is 11.4. The van der Waals surface area contributed by atoms with E-state index < -0.39 is 0 Å². The molecule has 2 atom stereocenters. The van der Waals surface area contributed by atoms with Crippen molar-refractivity contribution in [2.24, 2.45) is 11.3 Å². The molecule has 2 aromatic heterocycles. The zero-order valence-electron chi connectivity index (χ0n) is 15.6. The van der Waals surface area contributed by atoms with Gasteiger partial charge in [0.15, 0.2) is 5.82 Å². The molecule has 2 fully saturated rings. The topological polar surface area (TPSA) is 65.4 Å². The number of phenolic OH excluding ortho intramolecular Hbond substituents is 1. The van der Waals surface area contributed by atoms with Gasteiger partial charge in [-0.2, -0.15) is 0 Å². The second-order valence-corrected chi connectivity index (χ2v) is 8.27. The summed E-state index contributed by atoms with van der Waals surface area (Å²) in [5.74, 6) is 1.77. The Bertz CT molecular complexity index is 1010. The molecule has 2 saturated heterocycles. The normalized spacial score (nSPS) is 25.3. The number of hydrogen-bond donors (Lipinski definition) is 1. The predicted molar refractivity (Wildman–Crippen MR) is 106 cm³/mol. The maximum absolute atomic E-state index is 10.4. The molecule has 0 unspecified atom stereocenters. The number of anilines is 1. The zero-order valence-corrected chi connectivity index (χ0v) is 15.6. The van der Waals surface area contributed by atoms with E-state index in [-0.39, 0.29) is 5.75 Å². The van der Waals surface area contributed by atoms with Crippen molar-refractivity contribution in [1.29, 1.82) is 0 Å². The number of fused-ring (bicyclic) bond motifs is 2. The highest BCUT2D eigenvalue weighted by Gasteiger charge is 2.48. The predicted octanol–water partition coefficient (Wildman–Crippen LogP) is 2.79. The maximum atomic E-state index is 10.4. The van der Waals surface area contributed by atoms with Crippen molar-refractivity contribution in [3.63, 3.8) is 0 Å². The third-order valence-electron chi connectivity index (χ3n) is 6.11. The van der Waals surface area contributed by atoms with E-state index in [1.54, 1.807) is 12.3 Å². The van der Waals surface area contributed by atoms with Crippen LogP contribution in [-0.4, -0.2) is 58.4 Å². The number of phenols is 1. The van der Waals surface area contributed by atoms with E-state index in [9.17, 15) is 5.11 Å². The third kappa shape index (κ3) is 2.72. The molecule has 6 heteroatoms. The summed E-state index contributed by atoms with van der Waals surface area (Å²) in [5.41, 5.74) is 2.46. The van der Waals surface area contributed by atoms with Gasteiger partial charge < -0.3 is 14.9 Å². The van der Waals surface area contributed by atoms with Crippen LogP contribution in [-0.2, 0) is 0 Å². The van der Waals surface area contributed by atoms with Crippen molar-refractivity contribution in [3.8, 4) is 17.0 Å². The van der Waals surface area contributed by atoms with E-state index in [1.807, 2.05) is 30.3 Å². The highest BCUT2D eigenvalue weighted by atomic mass is 16.3. The van der Waals surface area contributed by atoms with Gasteiger partial charge in [-0.1, -0.05) is 13.0 Å². The first kappa shape index (κ1) is 16.4. The lowest BCUT2D eigenvalue weighted by Gasteiger charge is -2.24. The van der Waals surface area contributed by atoms with Crippen molar-refractivity contribution in [3.05, 3.63) is 42.6 Å². The van der Waals surface area contributed by atoms with Crippen LogP contribution in [0.4, 0.5) is 5.82 Å². The zero-order chi connectivity index (χ0) is 18.6. The summed E-state index contributed by atoms with van der Waals surface area (Å²) in [7, 11) is 2.20. The van der Waals surface area contributed by atoms with E-state index >= 15 is 0 Å². The highest BCUT2D eigenvalue weighted by molar-refractivity contribution is 5.87. The molecule has 3 aromatic rings. The Morgan fingerprint density at radius 2 is 2.00 bits per heavy atom. The highest BCUT2D eigenvalue weighted by Crippen LogP contribution is 2.42. The lowest BCUT2D eigenvalue weighted by Crippen LogP contribution is -2.31. The molecular weight excluding hydrogens is 338 g/mol. The van der Waals surface area contributed by atoms with Crippen molar-refractivity contribution < 1.29 is 5.11 Å². The fourth-order valence-corrected chi connectivity index (χ4v) is 4.76. The molecule has 2 aliphatic rings. The van der Waals surface area contributed by atoms with Crippen LogP contribution in [0.3, 0.4) is 0 Å². The minimum absolute atomic E-state index is 0.175. The van der Waals surface area contributed by atoms with Crippen LogP contribution in [0.25, 0.3) is 22.2 Å². The Morgan fingerprint density at radius 1 is 1.11 bits per heavy atom. The van der Waals surface area contributed by atoms with Gasteiger partial charge in [-0.25, -0.2) is 0 Å². The van der Waals surface area contributed by atoms with Crippen LogP contribution < -0.4 is 4.90 Å². The van der Waals surface area contributed by atoms with Crippen LogP contribution in [0.15, 0.2) is 42.6 Å². The molecule has 27 heavy (non-hydrogen) atoms.